The summed E-state index contributed by atoms with van der Waals surface area (Å²) in [7, 11) is 0. The SMILES string of the molecule is CC(N)Oc1ccc(O)c(C(N)=O)c1. The lowest BCUT2D eigenvalue weighted by Gasteiger charge is -2.10. The zero-order valence-electron chi connectivity index (χ0n) is 7.73. The van der Waals surface area contributed by atoms with Gasteiger partial charge in [0.1, 0.15) is 17.7 Å². The van der Waals surface area contributed by atoms with E-state index in [0.29, 0.717) is 5.75 Å². The van der Waals surface area contributed by atoms with E-state index in [1.54, 1.807) is 6.92 Å². The minimum Gasteiger partial charge on any atom is -0.507 e. The first-order valence-corrected chi connectivity index (χ1v) is 4.05. The van der Waals surface area contributed by atoms with Gasteiger partial charge in [-0.05, 0) is 25.1 Å². The van der Waals surface area contributed by atoms with Crippen molar-refractivity contribution in [3.8, 4) is 11.5 Å². The molecule has 0 heterocycles. The molecule has 5 heteroatoms. The Labute approximate surface area is 81.3 Å². The second kappa shape index (κ2) is 3.97. The van der Waals surface area contributed by atoms with Crippen molar-refractivity contribution in [3.63, 3.8) is 0 Å². The highest BCUT2D eigenvalue weighted by molar-refractivity contribution is 5.95. The van der Waals surface area contributed by atoms with Gasteiger partial charge in [0.15, 0.2) is 0 Å². The van der Waals surface area contributed by atoms with Crippen LogP contribution in [0.4, 0.5) is 0 Å². The highest BCUT2D eigenvalue weighted by Crippen LogP contribution is 2.22. The number of aromatic hydroxyl groups is 1. The molecule has 76 valence electrons. The van der Waals surface area contributed by atoms with Crippen LogP contribution in [0.1, 0.15) is 17.3 Å². The zero-order valence-corrected chi connectivity index (χ0v) is 7.73. The summed E-state index contributed by atoms with van der Waals surface area (Å²) in [6.07, 6.45) is -0.486. The summed E-state index contributed by atoms with van der Waals surface area (Å²) in [5.41, 5.74) is 10.4. The second-order valence-electron chi connectivity index (χ2n) is 2.87. The lowest BCUT2D eigenvalue weighted by molar-refractivity contribution is 0.0997. The van der Waals surface area contributed by atoms with Gasteiger partial charge in [-0.25, -0.2) is 0 Å². The minimum absolute atomic E-state index is 0.0168. The molecule has 0 saturated heterocycles. The molecular weight excluding hydrogens is 184 g/mol. The summed E-state index contributed by atoms with van der Waals surface area (Å²) < 4.78 is 5.12. The number of carbonyl (C=O) groups is 1. The third-order valence-corrected chi connectivity index (χ3v) is 1.56. The maximum Gasteiger partial charge on any atom is 0.252 e. The number of amides is 1. The van der Waals surface area contributed by atoms with E-state index in [-0.39, 0.29) is 11.3 Å². The van der Waals surface area contributed by atoms with Gasteiger partial charge in [0.05, 0.1) is 5.56 Å². The first-order chi connectivity index (χ1) is 6.50. The van der Waals surface area contributed by atoms with E-state index in [1.807, 2.05) is 0 Å². The molecule has 1 aromatic carbocycles. The summed E-state index contributed by atoms with van der Waals surface area (Å²) in [5, 5.41) is 9.25. The van der Waals surface area contributed by atoms with Gasteiger partial charge >= 0.3 is 0 Å². The molecule has 0 aliphatic rings. The standard InChI is InChI=1S/C9H12N2O3/c1-5(10)14-6-2-3-8(12)7(4-6)9(11)13/h2-5,12H,10H2,1H3,(H2,11,13). The number of benzene rings is 1. The van der Waals surface area contributed by atoms with Crippen molar-refractivity contribution in [2.24, 2.45) is 11.5 Å². The smallest absolute Gasteiger partial charge is 0.252 e. The average molecular weight is 196 g/mol. The summed E-state index contributed by atoms with van der Waals surface area (Å²) in [6, 6.07) is 4.18. The first-order valence-electron chi connectivity index (χ1n) is 4.05. The summed E-state index contributed by atoms with van der Waals surface area (Å²) in [6.45, 7) is 1.65. The van der Waals surface area contributed by atoms with Crippen LogP contribution in [0.3, 0.4) is 0 Å². The van der Waals surface area contributed by atoms with Crippen LogP contribution in [0.25, 0.3) is 0 Å². The van der Waals surface area contributed by atoms with Gasteiger partial charge in [-0.3, -0.25) is 10.5 Å². The normalized spacial score (nSPS) is 12.1. The van der Waals surface area contributed by atoms with Crippen molar-refractivity contribution in [1.29, 1.82) is 0 Å². The number of hydrogen-bond donors (Lipinski definition) is 3. The van der Waals surface area contributed by atoms with Gasteiger partial charge in [-0.1, -0.05) is 0 Å². The van der Waals surface area contributed by atoms with Crippen LogP contribution >= 0.6 is 0 Å². The van der Waals surface area contributed by atoms with Gasteiger partial charge in [0.25, 0.3) is 5.91 Å². The predicted octanol–water partition coefficient (Wildman–Crippen LogP) is 0.175. The Bertz CT molecular complexity index is 350. The summed E-state index contributed by atoms with van der Waals surface area (Å²) in [5.74, 6) is -0.487. The molecule has 0 aromatic heterocycles. The molecule has 1 aromatic rings. The van der Waals surface area contributed by atoms with Gasteiger partial charge in [-0.2, -0.15) is 0 Å². The molecule has 0 spiro atoms. The fraction of sp³-hybridized carbons (Fsp3) is 0.222. The molecule has 0 aliphatic carbocycles. The summed E-state index contributed by atoms with van der Waals surface area (Å²) in [4.78, 5) is 10.8. The van der Waals surface area contributed by atoms with Crippen LogP contribution in [0.5, 0.6) is 11.5 Å². The van der Waals surface area contributed by atoms with Crippen molar-refractivity contribution in [3.05, 3.63) is 23.8 Å². The molecular formula is C9H12N2O3. The Hall–Kier alpha value is -1.75. The largest absolute Gasteiger partial charge is 0.507 e. The highest BCUT2D eigenvalue weighted by Gasteiger charge is 2.09. The van der Waals surface area contributed by atoms with Crippen LogP contribution in [0.2, 0.25) is 0 Å². The van der Waals surface area contributed by atoms with Gasteiger partial charge in [0, 0.05) is 0 Å². The molecule has 0 bridgehead atoms. The van der Waals surface area contributed by atoms with Crippen LogP contribution in [0.15, 0.2) is 18.2 Å². The van der Waals surface area contributed by atoms with E-state index >= 15 is 0 Å². The molecule has 5 nitrogen and oxygen atoms in total. The molecule has 0 radical (unpaired) electrons. The topological polar surface area (TPSA) is 98.6 Å². The van der Waals surface area contributed by atoms with Crippen molar-refractivity contribution in [2.45, 2.75) is 13.2 Å². The third-order valence-electron chi connectivity index (χ3n) is 1.56. The molecule has 0 aliphatic heterocycles. The minimum atomic E-state index is -0.711. The quantitative estimate of drug-likeness (QED) is 0.600. The Kier molecular flexibility index (Phi) is 2.93. The number of rotatable bonds is 3. The first kappa shape index (κ1) is 10.3. The number of carbonyl (C=O) groups excluding carboxylic acids is 1. The van der Waals surface area contributed by atoms with E-state index in [9.17, 15) is 9.90 Å². The lowest BCUT2D eigenvalue weighted by Crippen LogP contribution is -2.22. The van der Waals surface area contributed by atoms with Crippen molar-refractivity contribution < 1.29 is 14.6 Å². The fourth-order valence-electron chi connectivity index (χ4n) is 1.00. The average Bonchev–Trinajstić information content (AvgIpc) is 2.07. The van der Waals surface area contributed by atoms with Crippen molar-refractivity contribution in [2.75, 3.05) is 0 Å². The van der Waals surface area contributed by atoms with Crippen molar-refractivity contribution in [1.82, 2.24) is 0 Å². The number of ether oxygens (including phenoxy) is 1. The second-order valence-corrected chi connectivity index (χ2v) is 2.87. The van der Waals surface area contributed by atoms with Crippen LogP contribution < -0.4 is 16.2 Å². The van der Waals surface area contributed by atoms with Gasteiger partial charge in [0.2, 0.25) is 0 Å². The Morgan fingerprint density at radius 3 is 2.71 bits per heavy atom. The van der Waals surface area contributed by atoms with E-state index < -0.39 is 12.1 Å². The number of primary amides is 1. The fourth-order valence-corrected chi connectivity index (χ4v) is 1.00. The Balaban J connectivity index is 3.00. The lowest BCUT2D eigenvalue weighted by atomic mass is 10.2. The molecule has 5 N–H and O–H groups in total. The molecule has 1 atom stereocenters. The Morgan fingerprint density at radius 1 is 1.57 bits per heavy atom. The molecule has 14 heavy (non-hydrogen) atoms. The van der Waals surface area contributed by atoms with Gasteiger partial charge < -0.3 is 15.6 Å². The maximum atomic E-state index is 10.8. The maximum absolute atomic E-state index is 10.8. The van der Waals surface area contributed by atoms with E-state index in [2.05, 4.69) is 0 Å². The summed E-state index contributed by atoms with van der Waals surface area (Å²) >= 11 is 0. The highest BCUT2D eigenvalue weighted by atomic mass is 16.5. The third kappa shape index (κ3) is 2.37. The molecule has 1 unspecified atom stereocenters. The van der Waals surface area contributed by atoms with Gasteiger partial charge in [-0.15, -0.1) is 0 Å². The van der Waals surface area contributed by atoms with E-state index in [1.165, 1.54) is 18.2 Å². The van der Waals surface area contributed by atoms with Crippen LogP contribution in [0, 0.1) is 0 Å². The predicted molar refractivity (Wildman–Crippen MR) is 50.9 cm³/mol. The van der Waals surface area contributed by atoms with Crippen molar-refractivity contribution >= 4 is 5.91 Å². The molecule has 1 amide bonds. The molecule has 1 rings (SSSR count). The Morgan fingerprint density at radius 2 is 2.21 bits per heavy atom. The molecule has 0 fully saturated rings. The number of hydrogen-bond acceptors (Lipinski definition) is 4. The van der Waals surface area contributed by atoms with E-state index in [4.69, 9.17) is 16.2 Å². The van der Waals surface area contributed by atoms with Crippen LogP contribution in [-0.4, -0.2) is 17.2 Å². The van der Waals surface area contributed by atoms with E-state index in [0.717, 1.165) is 0 Å². The monoisotopic (exact) mass is 196 g/mol. The zero-order chi connectivity index (χ0) is 10.7. The molecule has 0 saturated carbocycles. The number of phenols is 1. The van der Waals surface area contributed by atoms with Crippen LogP contribution in [-0.2, 0) is 0 Å². The number of nitrogens with two attached hydrogens (primary N) is 2.